The molecule has 20 heavy (non-hydrogen) atoms. The summed E-state index contributed by atoms with van der Waals surface area (Å²) >= 11 is 0. The topological polar surface area (TPSA) is 148 Å². The van der Waals surface area contributed by atoms with Crippen LogP contribution in [0.5, 0.6) is 0 Å². The second-order valence-electron chi connectivity index (χ2n) is 3.53. The van der Waals surface area contributed by atoms with Crippen molar-refractivity contribution in [3.8, 4) is 0 Å². The number of quaternary nitrogens is 2. The molecule has 0 fully saturated rings. The molecule has 1 aromatic carbocycles. The first-order valence-corrected chi connectivity index (χ1v) is 5.28. The number of carbonyl (C=O) groups is 2. The second-order valence-corrected chi connectivity index (χ2v) is 3.53. The molecule has 0 radical (unpaired) electrons. The summed E-state index contributed by atoms with van der Waals surface area (Å²) in [5, 5.41) is 33.6. The van der Waals surface area contributed by atoms with Crippen LogP contribution in [0, 0.1) is 10.4 Å². The summed E-state index contributed by atoms with van der Waals surface area (Å²) in [7, 11) is 0. The van der Waals surface area contributed by atoms with E-state index in [1.807, 2.05) is 0 Å². The van der Waals surface area contributed by atoms with Gasteiger partial charge in [0.15, 0.2) is 24.8 Å². The van der Waals surface area contributed by atoms with Crippen molar-refractivity contribution in [2.45, 2.75) is 0 Å². The van der Waals surface area contributed by atoms with Gasteiger partial charge < -0.3 is 10.4 Å². The van der Waals surface area contributed by atoms with Gasteiger partial charge in [0, 0.05) is 11.1 Å². The molecule has 10 nitrogen and oxygen atoms in total. The fourth-order valence-electron chi connectivity index (χ4n) is 1.26. The number of hydrogen-bond acceptors (Lipinski definition) is 8. The molecule has 0 aliphatic carbocycles. The van der Waals surface area contributed by atoms with E-state index < -0.39 is 35.6 Å². The molecule has 0 aliphatic heterocycles. The first-order valence-electron chi connectivity index (χ1n) is 5.28. The first kappa shape index (κ1) is 16.3. The van der Waals surface area contributed by atoms with Crippen LogP contribution >= 0.6 is 0 Å². The highest BCUT2D eigenvalue weighted by atomic mass is 17.1. The molecule has 0 bridgehead atoms. The lowest BCUT2D eigenvalue weighted by atomic mass is 10.1. The maximum Gasteiger partial charge on any atom is 0.194 e. The van der Waals surface area contributed by atoms with Gasteiger partial charge >= 0.3 is 0 Å². The lowest BCUT2D eigenvalue weighted by Gasteiger charge is -2.10. The SMILES string of the molecule is O=C(CO[NH+]([O-])O)c1ccc(C(=O)CO[NH+]([O-])O)cc1. The fourth-order valence-corrected chi connectivity index (χ4v) is 1.26. The van der Waals surface area contributed by atoms with E-state index >= 15 is 0 Å². The number of hydrogen-bond donors (Lipinski definition) is 4. The zero-order valence-electron chi connectivity index (χ0n) is 10.1. The normalized spacial score (nSPS) is 13.8. The quantitative estimate of drug-likeness (QED) is 0.302. The van der Waals surface area contributed by atoms with Crippen LogP contribution < -0.4 is 10.8 Å². The maximum atomic E-state index is 11.5. The van der Waals surface area contributed by atoms with Gasteiger partial charge in [-0.25, -0.2) is 0 Å². The molecule has 1 aromatic rings. The molecule has 4 N–H and O–H groups in total. The number of nitrogens with one attached hydrogen (secondary N) is 2. The molecule has 0 saturated heterocycles. The van der Waals surface area contributed by atoms with Crippen molar-refractivity contribution in [1.29, 1.82) is 0 Å². The van der Waals surface area contributed by atoms with Gasteiger partial charge in [0.1, 0.15) is 0 Å². The third-order valence-corrected chi connectivity index (χ3v) is 2.18. The van der Waals surface area contributed by atoms with Crippen LogP contribution in [0.2, 0.25) is 0 Å². The van der Waals surface area contributed by atoms with Gasteiger partial charge in [0.2, 0.25) is 0 Å². The van der Waals surface area contributed by atoms with Crippen molar-refractivity contribution >= 4 is 11.6 Å². The monoisotopic (exact) mass is 288 g/mol. The molecule has 0 spiro atoms. The summed E-state index contributed by atoms with van der Waals surface area (Å²) < 4.78 is 0. The van der Waals surface area contributed by atoms with E-state index in [2.05, 4.69) is 9.68 Å². The van der Waals surface area contributed by atoms with Crippen LogP contribution in [0.3, 0.4) is 0 Å². The van der Waals surface area contributed by atoms with Crippen LogP contribution in [0.4, 0.5) is 0 Å². The highest BCUT2D eigenvalue weighted by Gasteiger charge is 2.12. The predicted molar refractivity (Wildman–Crippen MR) is 59.2 cm³/mol. The van der Waals surface area contributed by atoms with Gasteiger partial charge in [0.05, 0.1) is 0 Å². The third-order valence-electron chi connectivity index (χ3n) is 2.18. The molecule has 0 amide bonds. The van der Waals surface area contributed by atoms with E-state index in [9.17, 15) is 20.0 Å². The summed E-state index contributed by atoms with van der Waals surface area (Å²) in [5.74, 6) is -1.12. The van der Waals surface area contributed by atoms with Crippen molar-refractivity contribution in [1.82, 2.24) is 0 Å². The van der Waals surface area contributed by atoms with Crippen LogP contribution in [0.25, 0.3) is 0 Å². The highest BCUT2D eigenvalue weighted by molar-refractivity contribution is 6.00. The average Bonchev–Trinajstić information content (AvgIpc) is 2.42. The standard InChI is InChI=1S/C10H12N2O8/c13-9(5-19-11(15)16)7-1-2-8(4-3-7)10(14)6-20-12(17)18/h1-4,11-12,15,17H,5-6H2. The largest absolute Gasteiger partial charge is 0.566 e. The number of ketones is 2. The molecule has 110 valence electrons. The van der Waals surface area contributed by atoms with E-state index in [-0.39, 0.29) is 11.1 Å². The molecule has 10 heteroatoms. The molecule has 2 atom stereocenters. The summed E-state index contributed by atoms with van der Waals surface area (Å²) in [4.78, 5) is 31.2. The lowest BCUT2D eigenvalue weighted by Crippen LogP contribution is -3.03. The predicted octanol–water partition coefficient (Wildman–Crippen LogP) is -2.54. The van der Waals surface area contributed by atoms with Crippen molar-refractivity contribution in [3.63, 3.8) is 0 Å². The Hall–Kier alpha value is -1.76. The molecule has 0 heterocycles. The Morgan fingerprint density at radius 3 is 1.45 bits per heavy atom. The molecular weight excluding hydrogens is 276 g/mol. The van der Waals surface area contributed by atoms with Crippen molar-refractivity contribution in [3.05, 3.63) is 45.8 Å². The van der Waals surface area contributed by atoms with Crippen molar-refractivity contribution in [2.75, 3.05) is 13.2 Å². The summed E-state index contributed by atoms with van der Waals surface area (Å²) in [6.45, 7) is -1.24. The molecule has 2 unspecified atom stereocenters. The number of Topliss-reactive ketones (excluding diaryl/α,β-unsaturated/α-hetero) is 2. The van der Waals surface area contributed by atoms with Gasteiger partial charge in [0.25, 0.3) is 0 Å². The smallest absolute Gasteiger partial charge is 0.194 e. The Morgan fingerprint density at radius 1 is 0.900 bits per heavy atom. The zero-order chi connectivity index (χ0) is 15.1. The lowest BCUT2D eigenvalue weighted by molar-refractivity contribution is -1.20. The highest BCUT2D eigenvalue weighted by Crippen LogP contribution is 2.06. The van der Waals surface area contributed by atoms with Crippen molar-refractivity contribution < 1.29 is 40.5 Å². The first-order chi connectivity index (χ1) is 9.40. The van der Waals surface area contributed by atoms with Crippen LogP contribution in [0.1, 0.15) is 20.7 Å². The van der Waals surface area contributed by atoms with Gasteiger partial charge in [-0.15, -0.1) is 0 Å². The molecule has 0 aromatic heterocycles. The van der Waals surface area contributed by atoms with Gasteiger partial charge in [-0.2, -0.15) is 20.1 Å². The zero-order valence-corrected chi connectivity index (χ0v) is 10.1. The maximum absolute atomic E-state index is 11.5. The number of carbonyl (C=O) groups excluding carboxylic acids is 2. The minimum Gasteiger partial charge on any atom is -0.566 e. The molecule has 0 saturated carbocycles. The summed E-state index contributed by atoms with van der Waals surface area (Å²) in [6, 6.07) is 5.23. The molecule has 0 aliphatic rings. The van der Waals surface area contributed by atoms with Crippen LogP contribution in [0.15, 0.2) is 24.3 Å². The van der Waals surface area contributed by atoms with Gasteiger partial charge in [-0.1, -0.05) is 35.0 Å². The number of benzene rings is 1. The summed E-state index contributed by atoms with van der Waals surface area (Å²) in [5.41, 5.74) is 0.337. The van der Waals surface area contributed by atoms with Crippen molar-refractivity contribution in [2.24, 2.45) is 0 Å². The minimum absolute atomic E-state index is 0.168. The Morgan fingerprint density at radius 2 is 1.20 bits per heavy atom. The van der Waals surface area contributed by atoms with E-state index in [1.165, 1.54) is 24.3 Å². The minimum atomic E-state index is -1.56. The molecular formula is C10H12N2O8. The van der Waals surface area contributed by atoms with E-state index in [0.717, 1.165) is 0 Å². The van der Waals surface area contributed by atoms with Gasteiger partial charge in [-0.05, 0) is 0 Å². The van der Waals surface area contributed by atoms with Crippen LogP contribution in [-0.2, 0) is 9.68 Å². The van der Waals surface area contributed by atoms with E-state index in [4.69, 9.17) is 10.4 Å². The second kappa shape index (κ2) is 7.74. The van der Waals surface area contributed by atoms with E-state index in [1.54, 1.807) is 0 Å². The molecule has 1 rings (SSSR count). The average molecular weight is 288 g/mol. The Balaban J connectivity index is 2.59. The van der Waals surface area contributed by atoms with E-state index in [0.29, 0.717) is 0 Å². The van der Waals surface area contributed by atoms with Crippen LogP contribution in [-0.4, -0.2) is 35.2 Å². The Labute approximate surface area is 112 Å². The number of rotatable bonds is 8. The Bertz CT molecular complexity index is 416. The van der Waals surface area contributed by atoms with Gasteiger partial charge in [-0.3, -0.25) is 9.59 Å². The fraction of sp³-hybridized carbons (Fsp3) is 0.200. The Kier molecular flexibility index (Phi) is 6.30. The summed E-state index contributed by atoms with van der Waals surface area (Å²) in [6.07, 6.45) is 0. The third kappa shape index (κ3) is 5.48.